The number of aliphatic hydroxyl groups excluding tert-OH is 3. The van der Waals surface area contributed by atoms with E-state index in [-0.39, 0.29) is 5.56 Å². The Labute approximate surface area is 122 Å². The van der Waals surface area contributed by atoms with Crippen LogP contribution >= 0.6 is 0 Å². The fraction of sp³-hybridized carbons (Fsp3) is 0.500. The maximum absolute atomic E-state index is 12.1. The van der Waals surface area contributed by atoms with E-state index in [1.165, 1.54) is 6.92 Å². The standard InChI is InChI=1S/C14H19NO6/c1-7-10(16)11(17)12(18)14(20-7)21-13(19)8-5-3-4-6-9(8)15-2/h3-7,10-12,14-18H,1-2H3/t7-,10+,11-,12-,14-/m0/s1. The van der Waals surface area contributed by atoms with Gasteiger partial charge in [-0.1, -0.05) is 12.1 Å². The van der Waals surface area contributed by atoms with Crippen molar-refractivity contribution in [2.24, 2.45) is 0 Å². The van der Waals surface area contributed by atoms with Crippen LogP contribution in [-0.4, -0.2) is 59.0 Å². The predicted molar refractivity (Wildman–Crippen MR) is 73.8 cm³/mol. The van der Waals surface area contributed by atoms with Gasteiger partial charge in [0.2, 0.25) is 6.29 Å². The molecule has 7 heteroatoms. The summed E-state index contributed by atoms with van der Waals surface area (Å²) in [6.07, 6.45) is -6.29. The van der Waals surface area contributed by atoms with Gasteiger partial charge in [-0.05, 0) is 19.1 Å². The molecule has 1 saturated heterocycles. The van der Waals surface area contributed by atoms with Crippen LogP contribution in [0.2, 0.25) is 0 Å². The van der Waals surface area contributed by atoms with Crippen LogP contribution in [0.5, 0.6) is 0 Å². The monoisotopic (exact) mass is 297 g/mol. The molecule has 0 radical (unpaired) electrons. The van der Waals surface area contributed by atoms with Crippen molar-refractivity contribution in [1.29, 1.82) is 0 Å². The van der Waals surface area contributed by atoms with Crippen molar-refractivity contribution < 1.29 is 29.6 Å². The van der Waals surface area contributed by atoms with E-state index in [1.807, 2.05) is 0 Å². The van der Waals surface area contributed by atoms with Gasteiger partial charge in [0, 0.05) is 12.7 Å². The molecule has 0 spiro atoms. The van der Waals surface area contributed by atoms with Gasteiger partial charge in [0.25, 0.3) is 0 Å². The topological polar surface area (TPSA) is 108 Å². The zero-order valence-electron chi connectivity index (χ0n) is 11.8. The van der Waals surface area contributed by atoms with Gasteiger partial charge in [0.05, 0.1) is 11.7 Å². The van der Waals surface area contributed by atoms with Crippen LogP contribution < -0.4 is 5.32 Å². The van der Waals surface area contributed by atoms with Gasteiger partial charge in [0.15, 0.2) is 0 Å². The Kier molecular flexibility index (Phi) is 4.79. The van der Waals surface area contributed by atoms with E-state index < -0.39 is 36.7 Å². The molecule has 1 aliphatic rings. The van der Waals surface area contributed by atoms with Crippen molar-refractivity contribution >= 4 is 11.7 Å². The maximum atomic E-state index is 12.1. The third-order valence-corrected chi connectivity index (χ3v) is 3.45. The number of hydrogen-bond donors (Lipinski definition) is 4. The zero-order chi connectivity index (χ0) is 15.6. The van der Waals surface area contributed by atoms with Crippen molar-refractivity contribution in [1.82, 2.24) is 0 Å². The predicted octanol–water partition coefficient (Wildman–Crippen LogP) is -0.287. The van der Waals surface area contributed by atoms with E-state index in [4.69, 9.17) is 9.47 Å². The van der Waals surface area contributed by atoms with Gasteiger partial charge in [-0.2, -0.15) is 0 Å². The third kappa shape index (κ3) is 3.16. The lowest BCUT2D eigenvalue weighted by Crippen LogP contribution is -2.57. The largest absolute Gasteiger partial charge is 0.429 e. The van der Waals surface area contributed by atoms with Gasteiger partial charge in [-0.15, -0.1) is 0 Å². The Balaban J connectivity index is 2.12. The van der Waals surface area contributed by atoms with Crippen LogP contribution in [0.4, 0.5) is 5.69 Å². The number of nitrogens with one attached hydrogen (secondary N) is 1. The number of aliphatic hydroxyl groups is 3. The minimum Gasteiger partial charge on any atom is -0.429 e. The molecule has 1 aliphatic heterocycles. The lowest BCUT2D eigenvalue weighted by Gasteiger charge is -2.38. The summed E-state index contributed by atoms with van der Waals surface area (Å²) in [7, 11) is 1.67. The first-order valence-corrected chi connectivity index (χ1v) is 6.63. The second-order valence-corrected chi connectivity index (χ2v) is 4.88. The first-order valence-electron chi connectivity index (χ1n) is 6.63. The van der Waals surface area contributed by atoms with E-state index in [0.717, 1.165) is 0 Å². The van der Waals surface area contributed by atoms with Gasteiger partial charge >= 0.3 is 5.97 Å². The molecule has 0 amide bonds. The molecule has 0 bridgehead atoms. The second-order valence-electron chi connectivity index (χ2n) is 4.88. The Morgan fingerprint density at radius 1 is 1.19 bits per heavy atom. The molecule has 1 heterocycles. The number of benzene rings is 1. The van der Waals surface area contributed by atoms with Crippen LogP contribution in [0.25, 0.3) is 0 Å². The van der Waals surface area contributed by atoms with E-state index in [9.17, 15) is 20.1 Å². The molecular formula is C14H19NO6. The molecule has 7 nitrogen and oxygen atoms in total. The molecule has 116 valence electrons. The number of carbonyl (C=O) groups excluding carboxylic acids is 1. The summed E-state index contributed by atoms with van der Waals surface area (Å²) in [4.78, 5) is 12.1. The van der Waals surface area contributed by atoms with Crippen molar-refractivity contribution in [3.8, 4) is 0 Å². The summed E-state index contributed by atoms with van der Waals surface area (Å²) >= 11 is 0. The Hall–Kier alpha value is -1.67. The first kappa shape index (κ1) is 15.7. The van der Waals surface area contributed by atoms with Crippen LogP contribution in [0.1, 0.15) is 17.3 Å². The molecule has 0 saturated carbocycles. The average molecular weight is 297 g/mol. The maximum Gasteiger partial charge on any atom is 0.342 e. The van der Waals surface area contributed by atoms with E-state index in [1.54, 1.807) is 31.3 Å². The lowest BCUT2D eigenvalue weighted by molar-refractivity contribution is -0.276. The summed E-state index contributed by atoms with van der Waals surface area (Å²) < 4.78 is 10.3. The summed E-state index contributed by atoms with van der Waals surface area (Å²) in [6, 6.07) is 6.71. The smallest absolute Gasteiger partial charge is 0.342 e. The Morgan fingerprint density at radius 2 is 1.86 bits per heavy atom. The molecule has 2 rings (SSSR count). The summed E-state index contributed by atoms with van der Waals surface area (Å²) in [5.41, 5.74) is 0.852. The number of rotatable bonds is 3. The van der Waals surface area contributed by atoms with Crippen LogP contribution in [-0.2, 0) is 9.47 Å². The minimum absolute atomic E-state index is 0.282. The molecule has 0 aliphatic carbocycles. The highest BCUT2D eigenvalue weighted by atomic mass is 16.7. The van der Waals surface area contributed by atoms with E-state index in [0.29, 0.717) is 5.69 Å². The highest BCUT2D eigenvalue weighted by molar-refractivity contribution is 5.95. The van der Waals surface area contributed by atoms with Crippen LogP contribution in [0.15, 0.2) is 24.3 Å². The summed E-state index contributed by atoms with van der Waals surface area (Å²) in [6.45, 7) is 1.52. The molecule has 1 aromatic carbocycles. The molecule has 1 aromatic rings. The number of hydrogen-bond acceptors (Lipinski definition) is 7. The number of carbonyl (C=O) groups is 1. The van der Waals surface area contributed by atoms with Crippen LogP contribution in [0.3, 0.4) is 0 Å². The second kappa shape index (κ2) is 6.40. The van der Waals surface area contributed by atoms with Gasteiger partial charge < -0.3 is 30.1 Å². The zero-order valence-corrected chi connectivity index (χ0v) is 11.8. The first-order chi connectivity index (χ1) is 9.95. The highest BCUT2D eigenvalue weighted by Crippen LogP contribution is 2.24. The van der Waals surface area contributed by atoms with E-state index >= 15 is 0 Å². The quantitative estimate of drug-likeness (QED) is 0.568. The summed E-state index contributed by atoms with van der Waals surface area (Å²) in [5.74, 6) is -0.695. The van der Waals surface area contributed by atoms with Crippen molar-refractivity contribution in [2.75, 3.05) is 12.4 Å². The highest BCUT2D eigenvalue weighted by Gasteiger charge is 2.43. The molecule has 4 N–H and O–H groups in total. The normalized spacial score (nSPS) is 32.5. The average Bonchev–Trinajstić information content (AvgIpc) is 2.50. The minimum atomic E-state index is -1.51. The Bertz CT molecular complexity index is 508. The molecule has 0 unspecified atom stereocenters. The Morgan fingerprint density at radius 3 is 2.52 bits per heavy atom. The van der Waals surface area contributed by atoms with Crippen LogP contribution in [0, 0.1) is 0 Å². The molecule has 5 atom stereocenters. The van der Waals surface area contributed by atoms with Crippen molar-refractivity contribution in [2.45, 2.75) is 37.6 Å². The summed E-state index contributed by atoms with van der Waals surface area (Å²) in [5, 5.41) is 31.9. The fourth-order valence-corrected chi connectivity index (χ4v) is 2.16. The molecule has 21 heavy (non-hydrogen) atoms. The molecule has 0 aromatic heterocycles. The number of esters is 1. The van der Waals surface area contributed by atoms with Crippen molar-refractivity contribution in [3.63, 3.8) is 0 Å². The van der Waals surface area contributed by atoms with E-state index in [2.05, 4.69) is 5.32 Å². The third-order valence-electron chi connectivity index (χ3n) is 3.45. The van der Waals surface area contributed by atoms with Gasteiger partial charge in [0.1, 0.15) is 18.3 Å². The fourth-order valence-electron chi connectivity index (χ4n) is 2.16. The SMILES string of the molecule is CNc1ccccc1C(=O)O[C@@H]1O[C@@H](C)[C@@H](O)[C@H](O)[C@@H]1O. The lowest BCUT2D eigenvalue weighted by atomic mass is 10.00. The van der Waals surface area contributed by atoms with Gasteiger partial charge in [-0.3, -0.25) is 0 Å². The molecule has 1 fully saturated rings. The van der Waals surface area contributed by atoms with Crippen molar-refractivity contribution in [3.05, 3.63) is 29.8 Å². The number of para-hydroxylation sites is 1. The number of anilines is 1. The molecular weight excluding hydrogens is 278 g/mol. The van der Waals surface area contributed by atoms with Gasteiger partial charge in [-0.25, -0.2) is 4.79 Å². The number of ether oxygens (including phenoxy) is 2.